The Morgan fingerprint density at radius 3 is 3.00 bits per heavy atom. The second-order valence-corrected chi connectivity index (χ2v) is 5.63. The van der Waals surface area contributed by atoms with Crippen molar-refractivity contribution in [2.75, 3.05) is 19.7 Å². The Kier molecular flexibility index (Phi) is 4.09. The third kappa shape index (κ3) is 3.10. The van der Waals surface area contributed by atoms with Crippen molar-refractivity contribution in [2.24, 2.45) is 0 Å². The molecule has 0 radical (unpaired) electrons. The van der Waals surface area contributed by atoms with Gasteiger partial charge in [0, 0.05) is 25.0 Å². The number of carbonyl (C=O) groups is 1. The number of nitrogens with zero attached hydrogens (tertiary/aromatic N) is 4. The molecular formula is C16H20N4O2. The number of aromatic nitrogens is 3. The number of amides is 1. The van der Waals surface area contributed by atoms with E-state index < -0.39 is 0 Å². The summed E-state index contributed by atoms with van der Waals surface area (Å²) in [7, 11) is 0. The maximum absolute atomic E-state index is 12.2. The number of rotatable bonds is 4. The third-order valence-corrected chi connectivity index (χ3v) is 3.90. The van der Waals surface area contributed by atoms with E-state index in [4.69, 9.17) is 4.74 Å². The maximum Gasteiger partial charge on any atom is 0.260 e. The van der Waals surface area contributed by atoms with Gasteiger partial charge in [-0.3, -0.25) is 14.5 Å². The van der Waals surface area contributed by atoms with Gasteiger partial charge in [0.1, 0.15) is 5.75 Å². The number of ether oxygens (including phenoxy) is 1. The van der Waals surface area contributed by atoms with Crippen LogP contribution < -0.4 is 4.74 Å². The lowest BCUT2D eigenvalue weighted by Crippen LogP contribution is -2.33. The van der Waals surface area contributed by atoms with Crippen LogP contribution in [0.2, 0.25) is 0 Å². The summed E-state index contributed by atoms with van der Waals surface area (Å²) >= 11 is 0. The lowest BCUT2D eigenvalue weighted by Gasteiger charge is -2.17. The Morgan fingerprint density at radius 2 is 2.32 bits per heavy atom. The van der Waals surface area contributed by atoms with Crippen molar-refractivity contribution in [1.29, 1.82) is 0 Å². The van der Waals surface area contributed by atoms with E-state index in [0.29, 0.717) is 12.3 Å². The molecule has 1 fully saturated rings. The highest BCUT2D eigenvalue weighted by molar-refractivity contribution is 5.78. The molecule has 2 aromatic rings. The van der Waals surface area contributed by atoms with Crippen molar-refractivity contribution < 1.29 is 9.53 Å². The monoisotopic (exact) mass is 300 g/mol. The molecule has 0 spiro atoms. The van der Waals surface area contributed by atoms with Gasteiger partial charge in [0.15, 0.2) is 6.61 Å². The summed E-state index contributed by atoms with van der Waals surface area (Å²) in [6, 6.07) is 5.91. The molecule has 1 unspecified atom stereocenters. The Labute approximate surface area is 129 Å². The summed E-state index contributed by atoms with van der Waals surface area (Å²) in [6.07, 6.45) is 4.21. The van der Waals surface area contributed by atoms with Crippen molar-refractivity contribution in [1.82, 2.24) is 19.7 Å². The molecule has 1 saturated heterocycles. The third-order valence-electron chi connectivity index (χ3n) is 3.90. The fraction of sp³-hybridized carbons (Fsp3) is 0.438. The normalized spacial score (nSPS) is 17.7. The van der Waals surface area contributed by atoms with Crippen LogP contribution in [0.15, 0.2) is 30.6 Å². The van der Waals surface area contributed by atoms with Crippen molar-refractivity contribution >= 4 is 5.91 Å². The van der Waals surface area contributed by atoms with Crippen LogP contribution in [0, 0.1) is 13.8 Å². The molecule has 0 bridgehead atoms. The molecule has 3 rings (SSSR count). The van der Waals surface area contributed by atoms with E-state index in [9.17, 15) is 4.79 Å². The molecule has 0 aromatic carbocycles. The van der Waals surface area contributed by atoms with Gasteiger partial charge >= 0.3 is 0 Å². The molecule has 2 aromatic heterocycles. The lowest BCUT2D eigenvalue weighted by molar-refractivity contribution is -0.132. The van der Waals surface area contributed by atoms with Gasteiger partial charge in [-0.1, -0.05) is 0 Å². The highest BCUT2D eigenvalue weighted by atomic mass is 16.5. The summed E-state index contributed by atoms with van der Waals surface area (Å²) in [5.74, 6) is 0.623. The Balaban J connectivity index is 1.56. The molecule has 6 nitrogen and oxygen atoms in total. The standard InChI is InChI=1S/C16H20N4O2/c1-12-8-13(2)20(18-12)14-5-7-19(10-14)16(21)11-22-15-4-3-6-17-9-15/h3-4,6,8-9,14H,5,7,10-11H2,1-2H3. The van der Waals surface area contributed by atoms with Crippen LogP contribution in [-0.4, -0.2) is 45.3 Å². The van der Waals surface area contributed by atoms with Gasteiger partial charge in [0.25, 0.3) is 5.91 Å². The van der Waals surface area contributed by atoms with Crippen LogP contribution in [0.5, 0.6) is 5.75 Å². The molecule has 116 valence electrons. The topological polar surface area (TPSA) is 60.2 Å². The summed E-state index contributed by atoms with van der Waals surface area (Å²) < 4.78 is 7.51. The lowest BCUT2D eigenvalue weighted by atomic mass is 10.2. The number of aryl methyl sites for hydroxylation is 2. The fourth-order valence-corrected chi connectivity index (χ4v) is 2.85. The van der Waals surface area contributed by atoms with E-state index >= 15 is 0 Å². The van der Waals surface area contributed by atoms with Gasteiger partial charge in [-0.25, -0.2) is 0 Å². The summed E-state index contributed by atoms with van der Waals surface area (Å²) in [4.78, 5) is 18.0. The van der Waals surface area contributed by atoms with Crippen LogP contribution in [0.3, 0.4) is 0 Å². The molecule has 1 aliphatic heterocycles. The first kappa shape index (κ1) is 14.6. The van der Waals surface area contributed by atoms with Gasteiger partial charge in [-0.15, -0.1) is 0 Å². The molecule has 1 amide bonds. The molecule has 0 saturated carbocycles. The zero-order valence-electron chi connectivity index (χ0n) is 12.9. The van der Waals surface area contributed by atoms with E-state index in [1.807, 2.05) is 16.5 Å². The minimum absolute atomic E-state index is 0.00730. The predicted octanol–water partition coefficient (Wildman–Crippen LogP) is 1.75. The van der Waals surface area contributed by atoms with Crippen molar-refractivity contribution in [3.05, 3.63) is 42.0 Å². The Morgan fingerprint density at radius 1 is 1.45 bits per heavy atom. The maximum atomic E-state index is 12.2. The van der Waals surface area contributed by atoms with Crippen molar-refractivity contribution in [3.63, 3.8) is 0 Å². The minimum atomic E-state index is 0.00730. The van der Waals surface area contributed by atoms with E-state index in [-0.39, 0.29) is 18.6 Å². The highest BCUT2D eigenvalue weighted by Crippen LogP contribution is 2.23. The predicted molar refractivity (Wildman–Crippen MR) is 81.7 cm³/mol. The van der Waals surface area contributed by atoms with Gasteiger partial charge in [-0.2, -0.15) is 5.10 Å². The molecule has 3 heterocycles. The average molecular weight is 300 g/mol. The number of likely N-dealkylation sites (tertiary alicyclic amines) is 1. The van der Waals surface area contributed by atoms with Crippen molar-refractivity contribution in [3.8, 4) is 5.75 Å². The summed E-state index contributed by atoms with van der Waals surface area (Å²) in [5.41, 5.74) is 2.16. The minimum Gasteiger partial charge on any atom is -0.482 e. The first-order chi connectivity index (χ1) is 10.6. The molecule has 1 atom stereocenters. The van der Waals surface area contributed by atoms with Crippen molar-refractivity contribution in [2.45, 2.75) is 26.3 Å². The average Bonchev–Trinajstić information content (AvgIpc) is 3.12. The Hall–Kier alpha value is -2.37. The second kappa shape index (κ2) is 6.17. The van der Waals surface area contributed by atoms with Crippen LogP contribution in [0.4, 0.5) is 0 Å². The number of pyridine rings is 1. The van der Waals surface area contributed by atoms with Crippen LogP contribution in [-0.2, 0) is 4.79 Å². The van der Waals surface area contributed by atoms with Crippen LogP contribution in [0.1, 0.15) is 23.9 Å². The van der Waals surface area contributed by atoms with Gasteiger partial charge in [0.05, 0.1) is 17.9 Å². The zero-order chi connectivity index (χ0) is 15.5. The molecule has 0 aliphatic carbocycles. The smallest absolute Gasteiger partial charge is 0.260 e. The Bertz CT molecular complexity index is 653. The van der Waals surface area contributed by atoms with E-state index in [2.05, 4.69) is 23.1 Å². The molecule has 0 N–H and O–H groups in total. The van der Waals surface area contributed by atoms with E-state index in [1.165, 1.54) is 0 Å². The first-order valence-electron chi connectivity index (χ1n) is 7.47. The van der Waals surface area contributed by atoms with E-state index in [1.54, 1.807) is 24.5 Å². The number of carbonyl (C=O) groups excluding carboxylic acids is 1. The number of hydrogen-bond donors (Lipinski definition) is 0. The summed E-state index contributed by atoms with van der Waals surface area (Å²) in [5, 5.41) is 4.52. The second-order valence-electron chi connectivity index (χ2n) is 5.63. The summed E-state index contributed by atoms with van der Waals surface area (Å²) in [6.45, 7) is 5.53. The van der Waals surface area contributed by atoms with Gasteiger partial charge in [0.2, 0.25) is 0 Å². The molecule has 1 aliphatic rings. The first-order valence-corrected chi connectivity index (χ1v) is 7.47. The zero-order valence-corrected chi connectivity index (χ0v) is 12.9. The van der Waals surface area contributed by atoms with E-state index in [0.717, 1.165) is 24.4 Å². The highest BCUT2D eigenvalue weighted by Gasteiger charge is 2.28. The molecule has 6 heteroatoms. The van der Waals surface area contributed by atoms with Crippen LogP contribution >= 0.6 is 0 Å². The van der Waals surface area contributed by atoms with Gasteiger partial charge in [-0.05, 0) is 38.5 Å². The quantitative estimate of drug-likeness (QED) is 0.863. The molecular weight excluding hydrogens is 280 g/mol. The van der Waals surface area contributed by atoms with Gasteiger partial charge < -0.3 is 9.64 Å². The largest absolute Gasteiger partial charge is 0.482 e. The fourth-order valence-electron chi connectivity index (χ4n) is 2.85. The van der Waals surface area contributed by atoms with Crippen LogP contribution in [0.25, 0.3) is 0 Å². The number of hydrogen-bond acceptors (Lipinski definition) is 4. The SMILES string of the molecule is Cc1cc(C)n(C2CCN(C(=O)COc3cccnc3)C2)n1. The molecule has 22 heavy (non-hydrogen) atoms.